The van der Waals surface area contributed by atoms with Crippen LogP contribution in [-0.4, -0.2) is 53.6 Å². The number of thiophene rings is 2. The predicted octanol–water partition coefficient (Wildman–Crippen LogP) is 31.6. The van der Waals surface area contributed by atoms with E-state index >= 15 is 0 Å². The fraction of sp³-hybridized carbons (Fsp3) is 0.0407. The van der Waals surface area contributed by atoms with E-state index in [2.05, 4.69) is 325 Å². The third kappa shape index (κ3) is 12.3. The van der Waals surface area contributed by atoms with Crippen molar-refractivity contribution < 1.29 is 4.42 Å². The summed E-state index contributed by atoms with van der Waals surface area (Å²) in [5.41, 5.74) is 32.3. The van der Waals surface area contributed by atoms with Gasteiger partial charge in [0, 0.05) is 134 Å². The van der Waals surface area contributed by atoms with Gasteiger partial charge in [0.05, 0.1) is 49.9 Å². The minimum Gasteiger partial charge on any atom is -0.455 e. The van der Waals surface area contributed by atoms with Gasteiger partial charge in [-0.1, -0.05) is 372 Å². The molecule has 0 bridgehead atoms. The Morgan fingerprint density at radius 2 is 0.569 bits per heavy atom. The molecule has 30 rings (SSSR count). The Bertz CT molecular complexity index is 9160. The van der Waals surface area contributed by atoms with Crippen LogP contribution < -0.4 is 0 Å². The molecule has 0 fully saturated rings. The van der Waals surface area contributed by atoms with Gasteiger partial charge in [-0.3, -0.25) is 13.7 Å². The highest BCUT2D eigenvalue weighted by Crippen LogP contribution is 2.57. The molecule has 0 amide bonds. The Labute approximate surface area is 793 Å². The van der Waals surface area contributed by atoms with E-state index in [1.807, 2.05) is 132 Å². The summed E-state index contributed by atoms with van der Waals surface area (Å²) in [6.07, 6.45) is 1.93. The average Bonchev–Trinajstić information content (AvgIpc) is 1.55. The van der Waals surface area contributed by atoms with Gasteiger partial charge < -0.3 is 4.42 Å². The zero-order valence-corrected chi connectivity index (χ0v) is 75.9. The second kappa shape index (κ2) is 30.9. The molecule has 14 heteroatoms. The summed E-state index contributed by atoms with van der Waals surface area (Å²) >= 11 is 3.85. The predicted molar refractivity (Wildman–Crippen MR) is 564 cm³/mol. The van der Waals surface area contributed by atoms with E-state index in [9.17, 15) is 0 Å². The summed E-state index contributed by atoms with van der Waals surface area (Å²) in [5, 5.41) is 14.6. The number of hydrogen-bond donors (Lipinski definition) is 0. The maximum atomic E-state index is 6.94. The van der Waals surface area contributed by atoms with Crippen LogP contribution in [0.3, 0.4) is 0 Å². The summed E-state index contributed by atoms with van der Waals surface area (Å²) < 4.78 is 18.9. The van der Waals surface area contributed by atoms with Crippen LogP contribution in [0.15, 0.2) is 411 Å². The first-order valence-electron chi connectivity index (χ1n) is 46.4. The van der Waals surface area contributed by atoms with E-state index in [0.717, 1.165) is 123 Å². The number of rotatable bonds is 9. The second-order valence-corrected chi connectivity index (χ2v) is 38.3. The summed E-state index contributed by atoms with van der Waals surface area (Å²) in [7, 11) is 0. The Morgan fingerprint density at radius 1 is 0.234 bits per heavy atom. The van der Waals surface area contributed by atoms with Crippen LogP contribution in [0, 0.1) is 0 Å². The molecule has 137 heavy (non-hydrogen) atoms. The molecular weight excluding hydrogens is 1710 g/mol. The van der Waals surface area contributed by atoms with Crippen LogP contribution in [0.1, 0.15) is 47.2 Å². The van der Waals surface area contributed by atoms with Crippen molar-refractivity contribution in [3.63, 3.8) is 0 Å². The third-order valence-corrected chi connectivity index (χ3v) is 30.7. The van der Waals surface area contributed by atoms with Gasteiger partial charge in [0.25, 0.3) is 0 Å². The average molecular weight is 1790 g/mol. The zero-order chi connectivity index (χ0) is 90.2. The Morgan fingerprint density at radius 3 is 1.04 bits per heavy atom. The van der Waals surface area contributed by atoms with Gasteiger partial charge in [-0.15, -0.1) is 22.7 Å². The highest BCUT2D eigenvalue weighted by atomic mass is 32.1. The molecule has 0 radical (unpaired) electrons. The van der Waals surface area contributed by atoms with Crippen LogP contribution in [0.4, 0.5) is 0 Å². The van der Waals surface area contributed by atoms with E-state index in [1.165, 1.54) is 129 Å². The zero-order valence-electron chi connectivity index (χ0n) is 74.2. The maximum Gasteiger partial charge on any atom is 0.238 e. The minimum absolute atomic E-state index is 0.0286. The lowest BCUT2D eigenvalue weighted by Gasteiger charge is -2.21. The number of fused-ring (bicyclic) bond motifs is 33. The highest BCUT2D eigenvalue weighted by Gasteiger charge is 2.38. The molecule has 3 aliphatic rings. The topological polar surface area (TPSA) is 131 Å². The van der Waals surface area contributed by atoms with Gasteiger partial charge in [-0.05, 0) is 111 Å². The Hall–Kier alpha value is -17.3. The van der Waals surface area contributed by atoms with Crippen molar-refractivity contribution in [1.82, 2.24) is 53.6 Å². The van der Waals surface area contributed by atoms with Crippen molar-refractivity contribution in [3.05, 3.63) is 440 Å². The van der Waals surface area contributed by atoms with Crippen molar-refractivity contribution in [2.75, 3.05) is 0 Å². The normalized spacial score (nSPS) is 12.7. The first kappa shape index (κ1) is 78.4. The number of hydrogen-bond acceptors (Lipinski definition) is 11. The molecule has 3 aliphatic carbocycles. The first-order chi connectivity index (χ1) is 67.7. The monoisotopic (exact) mass is 1790 g/mol. The smallest absolute Gasteiger partial charge is 0.238 e. The van der Waals surface area contributed by atoms with E-state index in [4.69, 9.17) is 44.3 Å². The fourth-order valence-corrected chi connectivity index (χ4v) is 24.8. The van der Waals surface area contributed by atoms with Crippen LogP contribution in [-0.2, 0) is 18.3 Å². The summed E-state index contributed by atoms with van der Waals surface area (Å²) in [4.78, 5) is 40.7. The lowest BCUT2D eigenvalue weighted by atomic mass is 9.82. The molecule has 0 saturated carbocycles. The molecule has 0 aliphatic heterocycles. The van der Waals surface area contributed by atoms with E-state index in [1.54, 1.807) is 0 Å². The molecule has 27 aromatic rings. The number of nitrogens with zero attached hydrogens (tertiary/aromatic N) is 11. The van der Waals surface area contributed by atoms with Crippen LogP contribution >= 0.6 is 22.7 Å². The number of para-hydroxylation sites is 3. The van der Waals surface area contributed by atoms with Gasteiger partial charge in [-0.2, -0.15) is 19.9 Å². The SMILES string of the molecule is CC1(C)c2ccccc2-c2c1ccc1c2sc2c1ccc1c2c2ccccc2n1-c1nc(-c2ccccc2)cc(-c2ccccc2)n1.c1ccc(-c2nc(-c3ccccc3)nc(-n3c4ccccc4c4c5oc6c7c(ccc6c5ccc43)Cc3ccccc3-7)n2)cc1.c1ccc(-c2nc(-c3ccccc3)nc(-n3c4ccccc4c4c5sc6c7c(ccc6c5ccc43)Cc3ccccc3-7)n2)cc1. The molecule has 0 saturated heterocycles. The van der Waals surface area contributed by atoms with E-state index in [-0.39, 0.29) is 5.41 Å². The quantitative estimate of drug-likeness (QED) is 0.139. The third-order valence-electron chi connectivity index (χ3n) is 28.2. The van der Waals surface area contributed by atoms with Gasteiger partial charge in [0.1, 0.15) is 11.2 Å². The Balaban J connectivity index is 0.000000102. The van der Waals surface area contributed by atoms with Gasteiger partial charge >= 0.3 is 0 Å². The fourth-order valence-electron chi connectivity index (χ4n) is 21.9. The lowest BCUT2D eigenvalue weighted by molar-refractivity contribution is 0.661. The number of furan rings is 1. The second-order valence-electron chi connectivity index (χ2n) is 36.2. The van der Waals surface area contributed by atoms with E-state index in [0.29, 0.717) is 41.1 Å². The molecule has 18 aromatic carbocycles. The lowest BCUT2D eigenvalue weighted by Crippen LogP contribution is -2.14. The van der Waals surface area contributed by atoms with Crippen molar-refractivity contribution in [3.8, 4) is 119 Å². The maximum absolute atomic E-state index is 6.94. The van der Waals surface area contributed by atoms with Crippen molar-refractivity contribution in [2.24, 2.45) is 0 Å². The van der Waals surface area contributed by atoms with Crippen molar-refractivity contribution in [1.29, 1.82) is 0 Å². The minimum atomic E-state index is -0.0286. The summed E-state index contributed by atoms with van der Waals surface area (Å²) in [6, 6.07) is 143. The van der Waals surface area contributed by atoms with Gasteiger partial charge in [0.2, 0.25) is 17.8 Å². The van der Waals surface area contributed by atoms with Crippen LogP contribution in [0.5, 0.6) is 0 Å². The molecule has 12 nitrogen and oxygen atoms in total. The molecule has 0 atom stereocenters. The number of benzene rings is 18. The van der Waals surface area contributed by atoms with Crippen LogP contribution in [0.2, 0.25) is 0 Å². The first-order valence-corrected chi connectivity index (χ1v) is 48.1. The summed E-state index contributed by atoms with van der Waals surface area (Å²) in [5.74, 6) is 4.43. The summed E-state index contributed by atoms with van der Waals surface area (Å²) in [6.45, 7) is 4.71. The van der Waals surface area contributed by atoms with Crippen molar-refractivity contribution >= 4 is 150 Å². The molecule has 0 unspecified atom stereocenters. The molecule has 642 valence electrons. The molecule has 9 heterocycles. The van der Waals surface area contributed by atoms with Gasteiger partial charge in [-0.25, -0.2) is 19.9 Å². The molecular formula is C123H77N11OS2. The molecule has 0 spiro atoms. The van der Waals surface area contributed by atoms with Crippen LogP contribution in [0.25, 0.3) is 247 Å². The highest BCUT2D eigenvalue weighted by molar-refractivity contribution is 7.28. The molecule has 9 aromatic heterocycles. The van der Waals surface area contributed by atoms with E-state index < -0.39 is 0 Å². The number of aromatic nitrogens is 11. The Kier molecular flexibility index (Phi) is 17.7. The standard InChI is InChI=1S/C43H29N3S.C40H24N4O.C40H24N4S/c1-43(2)32-19-11-9-17-30(32)38-33(43)23-21-28-29-22-24-37-39(41(29)47-40(28)38)31-18-10-12-20-36(31)46(37)42-44-34(26-13-5-3-6-14-26)25-35(45-42)27-15-7-4-8-16-27;2*1-3-11-24(12-4-1)38-41-39(25-13-5-2-6-14-25)43-40(42-38)44-32-18-10-9-17-31(32)35-33(44)22-21-30-29-20-19-27-23-26-15-7-8-16-28(26)34(27)36(29)45-37(30)35/h3-25H,1-2H3;2*1-22H,23H2. The molecule has 0 N–H and O–H groups in total. The van der Waals surface area contributed by atoms with Crippen molar-refractivity contribution in [2.45, 2.75) is 32.1 Å². The largest absolute Gasteiger partial charge is 0.455 e. The van der Waals surface area contributed by atoms with Gasteiger partial charge in [0.15, 0.2) is 23.3 Å².